The molecular weight excluding hydrogens is 373 g/mol. The van der Waals surface area contributed by atoms with Crippen molar-refractivity contribution in [2.45, 2.75) is 30.4 Å². The van der Waals surface area contributed by atoms with Crippen LogP contribution >= 0.6 is 23.1 Å². The van der Waals surface area contributed by atoms with E-state index >= 15 is 0 Å². The number of nitrogens with zero attached hydrogens (tertiary/aromatic N) is 2. The molecule has 0 saturated carbocycles. The number of anilines is 2. The summed E-state index contributed by atoms with van der Waals surface area (Å²) in [6, 6.07) is 1.73. The normalized spacial score (nSPS) is 12.3. The molecule has 0 fully saturated rings. The quantitative estimate of drug-likeness (QED) is 0.549. The molecule has 0 spiro atoms. The molecule has 5 nitrogen and oxygen atoms in total. The van der Waals surface area contributed by atoms with E-state index < -0.39 is 34.3 Å². The Morgan fingerprint density at radius 3 is 2.60 bits per heavy atom. The first kappa shape index (κ1) is 19.5. The Bertz CT molecular complexity index is 754. The number of carbonyl (C=O) groups is 1. The molecule has 2 rings (SSSR count). The molecule has 0 saturated heterocycles. The highest BCUT2D eigenvalue weighted by molar-refractivity contribution is 8.02. The predicted octanol–water partition coefficient (Wildman–Crippen LogP) is 4.14. The lowest BCUT2D eigenvalue weighted by molar-refractivity contribution is -0.115. The summed E-state index contributed by atoms with van der Waals surface area (Å²) in [7, 11) is 0. The zero-order valence-electron chi connectivity index (χ0n) is 13.8. The molecule has 0 unspecified atom stereocenters. The Balaban J connectivity index is 1.95. The van der Waals surface area contributed by atoms with E-state index in [1.54, 1.807) is 6.92 Å². The van der Waals surface area contributed by atoms with Crippen molar-refractivity contribution in [2.75, 3.05) is 17.2 Å². The Morgan fingerprint density at radius 2 is 1.92 bits per heavy atom. The van der Waals surface area contributed by atoms with E-state index in [1.807, 2.05) is 0 Å². The lowest BCUT2D eigenvalue weighted by atomic mass is 10.2. The lowest BCUT2D eigenvalue weighted by Crippen LogP contribution is -2.23. The van der Waals surface area contributed by atoms with Crippen LogP contribution in [0.25, 0.3) is 0 Å². The maximum Gasteiger partial charge on any atom is 0.237 e. The SMILES string of the molecule is CC(C)CNc1nnc(S[C@@H](C)C(=O)Nc2ccc(F)c(F)c2F)s1. The molecule has 0 radical (unpaired) electrons. The van der Waals surface area contributed by atoms with Crippen LogP contribution in [-0.2, 0) is 4.79 Å². The number of thioether (sulfide) groups is 1. The van der Waals surface area contributed by atoms with E-state index in [4.69, 9.17) is 0 Å². The van der Waals surface area contributed by atoms with Gasteiger partial charge < -0.3 is 10.6 Å². The van der Waals surface area contributed by atoms with Crippen molar-refractivity contribution in [1.82, 2.24) is 10.2 Å². The molecule has 0 aliphatic carbocycles. The maximum absolute atomic E-state index is 13.6. The van der Waals surface area contributed by atoms with Crippen LogP contribution in [0.2, 0.25) is 0 Å². The summed E-state index contributed by atoms with van der Waals surface area (Å²) >= 11 is 2.44. The highest BCUT2D eigenvalue weighted by atomic mass is 32.2. The molecule has 25 heavy (non-hydrogen) atoms. The zero-order valence-corrected chi connectivity index (χ0v) is 15.4. The highest BCUT2D eigenvalue weighted by Gasteiger charge is 2.20. The van der Waals surface area contributed by atoms with E-state index in [-0.39, 0.29) is 0 Å². The molecule has 1 amide bonds. The smallest absolute Gasteiger partial charge is 0.237 e. The first-order chi connectivity index (χ1) is 11.8. The molecule has 2 aromatic rings. The molecule has 136 valence electrons. The van der Waals surface area contributed by atoms with Crippen molar-refractivity contribution in [2.24, 2.45) is 5.92 Å². The first-order valence-electron chi connectivity index (χ1n) is 7.46. The van der Waals surface area contributed by atoms with Crippen molar-refractivity contribution in [3.8, 4) is 0 Å². The van der Waals surface area contributed by atoms with Gasteiger partial charge in [0.2, 0.25) is 11.0 Å². The van der Waals surface area contributed by atoms with Gasteiger partial charge in [-0.1, -0.05) is 36.9 Å². The second-order valence-electron chi connectivity index (χ2n) is 5.62. The third-order valence-electron chi connectivity index (χ3n) is 3.01. The second-order valence-corrected chi connectivity index (χ2v) is 8.19. The molecule has 1 heterocycles. The van der Waals surface area contributed by atoms with Crippen molar-refractivity contribution in [3.63, 3.8) is 0 Å². The number of nitrogens with one attached hydrogen (secondary N) is 2. The lowest BCUT2D eigenvalue weighted by Gasteiger charge is -2.11. The average molecular weight is 390 g/mol. The standard InChI is InChI=1S/C15H17F3N4OS2/c1-7(2)6-19-14-21-22-15(25-14)24-8(3)13(23)20-10-5-4-9(16)11(17)12(10)18/h4-5,7-8H,6H2,1-3H3,(H,19,21)(H,20,23)/t8-/m0/s1. The van der Waals surface area contributed by atoms with Crippen LogP contribution in [0.1, 0.15) is 20.8 Å². The van der Waals surface area contributed by atoms with Crippen LogP contribution in [0, 0.1) is 23.4 Å². The molecule has 1 aromatic carbocycles. The second kappa shape index (κ2) is 8.52. The molecule has 0 aliphatic heterocycles. The highest BCUT2D eigenvalue weighted by Crippen LogP contribution is 2.30. The number of hydrogen-bond acceptors (Lipinski definition) is 6. The summed E-state index contributed by atoms with van der Waals surface area (Å²) in [5.41, 5.74) is -0.409. The van der Waals surface area contributed by atoms with Gasteiger partial charge in [-0.15, -0.1) is 10.2 Å². The maximum atomic E-state index is 13.6. The minimum atomic E-state index is -1.62. The fourth-order valence-corrected chi connectivity index (χ4v) is 3.58. The van der Waals surface area contributed by atoms with Crippen molar-refractivity contribution >= 4 is 39.8 Å². The van der Waals surface area contributed by atoms with Gasteiger partial charge in [0.1, 0.15) is 0 Å². The van der Waals surface area contributed by atoms with Gasteiger partial charge in [-0.25, -0.2) is 13.2 Å². The molecule has 0 aliphatic rings. The largest absolute Gasteiger partial charge is 0.360 e. The topological polar surface area (TPSA) is 66.9 Å². The monoisotopic (exact) mass is 390 g/mol. The van der Waals surface area contributed by atoms with Gasteiger partial charge in [-0.2, -0.15) is 0 Å². The number of rotatable bonds is 7. The van der Waals surface area contributed by atoms with Gasteiger partial charge in [0.05, 0.1) is 10.9 Å². The molecule has 1 aromatic heterocycles. The van der Waals surface area contributed by atoms with Crippen LogP contribution in [0.5, 0.6) is 0 Å². The summed E-state index contributed by atoms with van der Waals surface area (Å²) in [4.78, 5) is 12.1. The summed E-state index contributed by atoms with van der Waals surface area (Å²) in [6.07, 6.45) is 0. The number of halogens is 3. The molecule has 1 atom stereocenters. The van der Waals surface area contributed by atoms with Crippen LogP contribution in [0.4, 0.5) is 24.0 Å². The fraction of sp³-hybridized carbons (Fsp3) is 0.400. The van der Waals surface area contributed by atoms with Gasteiger partial charge in [0, 0.05) is 6.54 Å². The van der Waals surface area contributed by atoms with Crippen LogP contribution in [0.15, 0.2) is 16.5 Å². The molecule has 10 heteroatoms. The third kappa shape index (κ3) is 5.33. The zero-order chi connectivity index (χ0) is 18.6. The third-order valence-corrected chi connectivity index (χ3v) is 5.07. The van der Waals surface area contributed by atoms with Gasteiger partial charge in [-0.3, -0.25) is 4.79 Å². The predicted molar refractivity (Wildman–Crippen MR) is 93.5 cm³/mol. The summed E-state index contributed by atoms with van der Waals surface area (Å²) < 4.78 is 40.3. The van der Waals surface area contributed by atoms with Crippen molar-refractivity contribution < 1.29 is 18.0 Å². The molecule has 2 N–H and O–H groups in total. The summed E-state index contributed by atoms with van der Waals surface area (Å²) in [5.74, 6) is -4.46. The van der Waals surface area contributed by atoms with E-state index in [0.29, 0.717) is 15.4 Å². The summed E-state index contributed by atoms with van der Waals surface area (Å²) in [5, 5.41) is 13.3. The Labute approximate surface area is 151 Å². The first-order valence-corrected chi connectivity index (χ1v) is 9.16. The van der Waals surface area contributed by atoms with E-state index in [1.165, 1.54) is 11.3 Å². The van der Waals surface area contributed by atoms with E-state index in [2.05, 4.69) is 34.7 Å². The number of amides is 1. The number of aromatic nitrogens is 2. The van der Waals surface area contributed by atoms with E-state index in [0.717, 1.165) is 30.4 Å². The molecular formula is C15H17F3N4OS2. The van der Waals surface area contributed by atoms with Crippen molar-refractivity contribution in [3.05, 3.63) is 29.6 Å². The Morgan fingerprint density at radius 1 is 1.20 bits per heavy atom. The molecule has 0 bridgehead atoms. The summed E-state index contributed by atoms with van der Waals surface area (Å²) in [6.45, 7) is 6.48. The minimum Gasteiger partial charge on any atom is -0.360 e. The van der Waals surface area contributed by atoms with Crippen molar-refractivity contribution in [1.29, 1.82) is 0 Å². The van der Waals surface area contributed by atoms with Gasteiger partial charge in [-0.05, 0) is 25.0 Å². The number of carbonyl (C=O) groups excluding carboxylic acids is 1. The number of hydrogen-bond donors (Lipinski definition) is 2. The fourth-order valence-electron chi connectivity index (χ4n) is 1.68. The van der Waals surface area contributed by atoms with Gasteiger partial charge in [0.25, 0.3) is 0 Å². The Kier molecular flexibility index (Phi) is 6.65. The minimum absolute atomic E-state index is 0.409. The van der Waals surface area contributed by atoms with Crippen LogP contribution < -0.4 is 10.6 Å². The van der Waals surface area contributed by atoms with Crippen LogP contribution in [-0.4, -0.2) is 27.9 Å². The van der Waals surface area contributed by atoms with E-state index in [9.17, 15) is 18.0 Å². The van der Waals surface area contributed by atoms with Gasteiger partial charge >= 0.3 is 0 Å². The Hall–Kier alpha value is -1.81. The van der Waals surface area contributed by atoms with Crippen LogP contribution in [0.3, 0.4) is 0 Å². The van der Waals surface area contributed by atoms with Gasteiger partial charge in [0.15, 0.2) is 21.8 Å². The average Bonchev–Trinajstić information content (AvgIpc) is 3.00. The number of benzene rings is 1.